The van der Waals surface area contributed by atoms with Gasteiger partial charge in [-0.25, -0.2) is 4.98 Å². The molecule has 3 rings (SSSR count). The highest BCUT2D eigenvalue weighted by molar-refractivity contribution is 5.63. The van der Waals surface area contributed by atoms with E-state index >= 15 is 0 Å². The van der Waals surface area contributed by atoms with E-state index in [1.807, 2.05) is 34.9 Å². The van der Waals surface area contributed by atoms with Gasteiger partial charge in [0.2, 0.25) is 0 Å². The van der Waals surface area contributed by atoms with Crippen molar-refractivity contribution in [2.75, 3.05) is 0 Å². The van der Waals surface area contributed by atoms with Crippen LogP contribution in [0.25, 0.3) is 17.1 Å². The Morgan fingerprint density at radius 1 is 0.875 bits per heavy atom. The monoisotopic (exact) mass is 321 g/mol. The molecule has 1 aromatic heterocycles. The summed E-state index contributed by atoms with van der Waals surface area (Å²) in [4.78, 5) is 4.53. The van der Waals surface area contributed by atoms with Gasteiger partial charge in [-0.05, 0) is 29.8 Å². The third-order valence-corrected chi connectivity index (χ3v) is 4.36. The predicted octanol–water partition coefficient (Wildman–Crippen LogP) is 6.09. The van der Waals surface area contributed by atoms with Gasteiger partial charge in [0.25, 0.3) is 0 Å². The van der Waals surface area contributed by atoms with Crippen LogP contribution in [0.1, 0.15) is 60.5 Å². The van der Waals surface area contributed by atoms with Gasteiger partial charge in [0.15, 0.2) is 0 Å². The van der Waals surface area contributed by atoms with Crippen LogP contribution in [-0.2, 0) is 0 Å². The molecule has 0 bridgehead atoms. The van der Waals surface area contributed by atoms with Crippen LogP contribution in [0.3, 0.4) is 0 Å². The topological polar surface area (TPSA) is 17.8 Å². The summed E-state index contributed by atoms with van der Waals surface area (Å²) in [5, 5.41) is 0. The number of nitrogens with zero attached hydrogens (tertiary/aromatic N) is 2. The molecule has 0 aliphatic carbocycles. The highest BCUT2D eigenvalue weighted by atomic mass is 15.1. The lowest BCUT2D eigenvalue weighted by atomic mass is 9.92. The van der Waals surface area contributed by atoms with Crippen molar-refractivity contribution < 1.29 is 4.11 Å². The molecule has 0 atom stereocenters. The zero-order valence-corrected chi connectivity index (χ0v) is 14.7. The SMILES string of the molecule is [2H]C([2H])([2H])c1cnc(-c2ccccc2)n1-c1c(C(C)C)cccc1C(C)C. The largest absolute Gasteiger partial charge is 0.296 e. The first-order valence-corrected chi connectivity index (χ1v) is 8.48. The van der Waals surface area contributed by atoms with E-state index in [4.69, 9.17) is 4.11 Å². The maximum absolute atomic E-state index is 8.07. The summed E-state index contributed by atoms with van der Waals surface area (Å²) in [7, 11) is 0. The quantitative estimate of drug-likeness (QED) is 0.568. The van der Waals surface area contributed by atoms with Crippen molar-refractivity contribution in [3.05, 3.63) is 71.5 Å². The van der Waals surface area contributed by atoms with Crippen LogP contribution in [0.15, 0.2) is 54.7 Å². The first-order valence-electron chi connectivity index (χ1n) is 9.98. The van der Waals surface area contributed by atoms with Crippen molar-refractivity contribution in [3.63, 3.8) is 0 Å². The molecule has 2 nitrogen and oxygen atoms in total. The summed E-state index contributed by atoms with van der Waals surface area (Å²) >= 11 is 0. The Bertz CT molecular complexity index is 896. The van der Waals surface area contributed by atoms with Gasteiger partial charge in [-0.1, -0.05) is 76.2 Å². The van der Waals surface area contributed by atoms with Gasteiger partial charge in [-0.15, -0.1) is 0 Å². The molecule has 0 saturated heterocycles. The first-order chi connectivity index (χ1) is 12.7. The zero-order chi connectivity index (χ0) is 19.8. The van der Waals surface area contributed by atoms with Crippen LogP contribution < -0.4 is 0 Å². The minimum absolute atomic E-state index is 0.247. The van der Waals surface area contributed by atoms with Gasteiger partial charge in [0.05, 0.1) is 5.69 Å². The minimum atomic E-state index is -2.25. The van der Waals surface area contributed by atoms with Crippen LogP contribution in [-0.4, -0.2) is 9.55 Å². The van der Waals surface area contributed by atoms with Crippen molar-refractivity contribution >= 4 is 0 Å². The zero-order valence-electron chi connectivity index (χ0n) is 17.7. The van der Waals surface area contributed by atoms with E-state index in [1.165, 1.54) is 6.20 Å². The van der Waals surface area contributed by atoms with Crippen LogP contribution >= 0.6 is 0 Å². The second kappa shape index (κ2) is 6.64. The maximum atomic E-state index is 8.07. The Morgan fingerprint density at radius 2 is 1.50 bits per heavy atom. The van der Waals surface area contributed by atoms with E-state index in [0.717, 1.165) is 22.4 Å². The smallest absolute Gasteiger partial charge is 0.144 e. The molecule has 3 aromatic rings. The van der Waals surface area contributed by atoms with Crippen molar-refractivity contribution in [2.24, 2.45) is 0 Å². The molecule has 2 heteroatoms. The molecule has 0 fully saturated rings. The van der Waals surface area contributed by atoms with Gasteiger partial charge in [-0.3, -0.25) is 4.57 Å². The summed E-state index contributed by atoms with van der Waals surface area (Å²) in [6, 6.07) is 16.0. The Morgan fingerprint density at radius 3 is 2.04 bits per heavy atom. The molecule has 0 aliphatic rings. The van der Waals surface area contributed by atoms with E-state index in [9.17, 15) is 0 Å². The van der Waals surface area contributed by atoms with Crippen molar-refractivity contribution in [2.45, 2.75) is 46.4 Å². The Kier molecular flexibility index (Phi) is 3.60. The highest BCUT2D eigenvalue weighted by Crippen LogP contribution is 2.34. The number of para-hydroxylation sites is 1. The fourth-order valence-electron chi connectivity index (χ4n) is 3.14. The van der Waals surface area contributed by atoms with Crippen LogP contribution in [0.5, 0.6) is 0 Å². The fraction of sp³-hybridized carbons (Fsp3) is 0.318. The average molecular weight is 321 g/mol. The van der Waals surface area contributed by atoms with Gasteiger partial charge in [0, 0.05) is 21.6 Å². The number of aromatic nitrogens is 2. The van der Waals surface area contributed by atoms with Gasteiger partial charge < -0.3 is 0 Å². The first kappa shape index (κ1) is 13.0. The summed E-state index contributed by atoms with van der Waals surface area (Å²) in [6.45, 7) is 6.29. The van der Waals surface area contributed by atoms with Gasteiger partial charge in [-0.2, -0.15) is 0 Å². The lowest BCUT2D eigenvalue weighted by Gasteiger charge is -2.23. The van der Waals surface area contributed by atoms with Crippen molar-refractivity contribution in [3.8, 4) is 17.1 Å². The number of imidazole rings is 1. The maximum Gasteiger partial charge on any atom is 0.144 e. The van der Waals surface area contributed by atoms with Gasteiger partial charge in [0.1, 0.15) is 5.82 Å². The van der Waals surface area contributed by atoms with E-state index in [1.54, 1.807) is 0 Å². The van der Waals surface area contributed by atoms with E-state index in [0.29, 0.717) is 5.82 Å². The molecule has 0 amide bonds. The minimum Gasteiger partial charge on any atom is -0.296 e. The number of benzene rings is 2. The number of aryl methyl sites for hydroxylation is 1. The molecule has 2 aromatic carbocycles. The Balaban J connectivity index is 2.43. The van der Waals surface area contributed by atoms with Gasteiger partial charge >= 0.3 is 0 Å². The Labute approximate surface area is 149 Å². The summed E-state index contributed by atoms with van der Waals surface area (Å²) in [5.41, 5.74) is 4.35. The molecule has 1 heterocycles. The molecule has 124 valence electrons. The van der Waals surface area contributed by atoms with E-state index in [2.05, 4.69) is 50.9 Å². The summed E-state index contributed by atoms with van der Waals surface area (Å²) in [6.07, 6.45) is 1.50. The summed E-state index contributed by atoms with van der Waals surface area (Å²) < 4.78 is 26.1. The Hall–Kier alpha value is -2.35. The number of hydrogen-bond donors (Lipinski definition) is 0. The summed E-state index contributed by atoms with van der Waals surface area (Å²) in [5.74, 6) is 1.18. The van der Waals surface area contributed by atoms with Crippen LogP contribution in [0.2, 0.25) is 0 Å². The molecule has 0 N–H and O–H groups in total. The molecular weight excluding hydrogens is 292 g/mol. The fourth-order valence-corrected chi connectivity index (χ4v) is 3.14. The normalized spacial score (nSPS) is 13.8. The molecule has 0 saturated carbocycles. The highest BCUT2D eigenvalue weighted by Gasteiger charge is 2.20. The number of hydrogen-bond acceptors (Lipinski definition) is 1. The standard InChI is InChI=1S/C22H26N2/c1-15(2)19-12-9-13-20(16(3)4)21(19)24-17(5)14-23-22(24)18-10-7-6-8-11-18/h6-16H,1-5H3/i5D3. The third kappa shape index (κ3) is 2.89. The van der Waals surface area contributed by atoms with Crippen LogP contribution in [0, 0.1) is 6.85 Å². The van der Waals surface area contributed by atoms with Crippen molar-refractivity contribution in [1.29, 1.82) is 0 Å². The molecule has 0 unspecified atom stereocenters. The van der Waals surface area contributed by atoms with Crippen LogP contribution in [0.4, 0.5) is 0 Å². The third-order valence-electron chi connectivity index (χ3n) is 4.36. The second-order valence-electron chi connectivity index (χ2n) is 6.76. The van der Waals surface area contributed by atoms with E-state index in [-0.39, 0.29) is 17.5 Å². The lowest BCUT2D eigenvalue weighted by Crippen LogP contribution is -2.09. The molecule has 0 radical (unpaired) electrons. The molecular formula is C22H26N2. The van der Waals surface area contributed by atoms with Crippen molar-refractivity contribution in [1.82, 2.24) is 9.55 Å². The molecule has 0 aliphatic heterocycles. The molecule has 0 spiro atoms. The molecule has 24 heavy (non-hydrogen) atoms. The van der Waals surface area contributed by atoms with E-state index < -0.39 is 6.85 Å². The average Bonchev–Trinajstić information content (AvgIpc) is 3.06. The lowest BCUT2D eigenvalue weighted by molar-refractivity contribution is 0.801. The predicted molar refractivity (Wildman–Crippen MR) is 102 cm³/mol. The number of rotatable bonds is 4. The second-order valence-corrected chi connectivity index (χ2v) is 6.76.